The predicted molar refractivity (Wildman–Crippen MR) is 76.9 cm³/mol. The highest BCUT2D eigenvalue weighted by Gasteiger charge is 2.00. The minimum Gasteiger partial charge on any atom is -0.494 e. The molecular weight excluding hydrogens is 262 g/mol. The molecule has 0 aliphatic rings. The summed E-state index contributed by atoms with van der Waals surface area (Å²) < 4.78 is 5.61. The summed E-state index contributed by atoms with van der Waals surface area (Å²) >= 11 is 5.73. The quantitative estimate of drug-likeness (QED) is 0.643. The standard InChI is InChI=1S/C14H15ClN3O/c1-2-3-9-19-12-6-4-5-11(10-12)17-13-7-8-16-14(15)18-13/h4-8,10H,1-3,9H2,(H,16,17,18). The molecule has 0 fully saturated rings. The Morgan fingerprint density at radius 3 is 3.00 bits per heavy atom. The number of anilines is 2. The molecule has 1 radical (unpaired) electrons. The number of nitrogens with one attached hydrogen (secondary N) is 1. The van der Waals surface area contributed by atoms with E-state index in [1.54, 1.807) is 12.3 Å². The minimum atomic E-state index is 0.216. The molecule has 0 saturated carbocycles. The summed E-state index contributed by atoms with van der Waals surface area (Å²) in [6.45, 7) is 4.45. The Hall–Kier alpha value is -1.81. The highest BCUT2D eigenvalue weighted by atomic mass is 35.5. The van der Waals surface area contributed by atoms with Crippen molar-refractivity contribution in [1.29, 1.82) is 0 Å². The zero-order chi connectivity index (χ0) is 13.5. The van der Waals surface area contributed by atoms with Crippen LogP contribution in [0.15, 0.2) is 36.5 Å². The molecule has 0 aliphatic carbocycles. The lowest BCUT2D eigenvalue weighted by atomic mass is 10.3. The molecule has 0 unspecified atom stereocenters. The number of benzene rings is 1. The van der Waals surface area contributed by atoms with E-state index in [2.05, 4.69) is 22.2 Å². The predicted octanol–water partition coefficient (Wildman–Crippen LogP) is 3.87. The summed E-state index contributed by atoms with van der Waals surface area (Å²) in [7, 11) is 0. The van der Waals surface area contributed by atoms with Crippen molar-refractivity contribution in [2.24, 2.45) is 0 Å². The van der Waals surface area contributed by atoms with E-state index < -0.39 is 0 Å². The Labute approximate surface area is 117 Å². The van der Waals surface area contributed by atoms with Crippen molar-refractivity contribution in [3.63, 3.8) is 0 Å². The van der Waals surface area contributed by atoms with Gasteiger partial charge < -0.3 is 10.1 Å². The first kappa shape index (κ1) is 13.6. The van der Waals surface area contributed by atoms with Crippen molar-refractivity contribution in [3.8, 4) is 5.75 Å². The van der Waals surface area contributed by atoms with Gasteiger partial charge in [0.05, 0.1) is 6.61 Å². The molecule has 1 aromatic carbocycles. The maximum absolute atomic E-state index is 5.73. The lowest BCUT2D eigenvalue weighted by Crippen LogP contribution is -1.98. The molecule has 4 nitrogen and oxygen atoms in total. The first-order valence-corrected chi connectivity index (χ1v) is 6.43. The summed E-state index contributed by atoms with van der Waals surface area (Å²) in [5.74, 6) is 1.47. The molecule has 5 heteroatoms. The molecule has 0 atom stereocenters. The van der Waals surface area contributed by atoms with Crippen LogP contribution in [0.5, 0.6) is 5.75 Å². The Kier molecular flexibility index (Phi) is 4.98. The normalized spacial score (nSPS) is 10.2. The second-order valence-corrected chi connectivity index (χ2v) is 4.26. The lowest BCUT2D eigenvalue weighted by Gasteiger charge is -2.09. The van der Waals surface area contributed by atoms with Gasteiger partial charge in [-0.05, 0) is 36.2 Å². The molecule has 0 saturated heterocycles. The van der Waals surface area contributed by atoms with E-state index in [4.69, 9.17) is 16.3 Å². The first-order chi connectivity index (χ1) is 9.28. The van der Waals surface area contributed by atoms with E-state index in [9.17, 15) is 0 Å². The fourth-order valence-corrected chi connectivity index (χ4v) is 1.66. The summed E-state index contributed by atoms with van der Waals surface area (Å²) in [4.78, 5) is 7.90. The number of hydrogen-bond donors (Lipinski definition) is 1. The van der Waals surface area contributed by atoms with Crippen LogP contribution in [0.4, 0.5) is 11.5 Å². The van der Waals surface area contributed by atoms with Crippen LogP contribution in [0.25, 0.3) is 0 Å². The average Bonchev–Trinajstić information content (AvgIpc) is 2.39. The third-order valence-electron chi connectivity index (χ3n) is 2.40. The molecule has 2 rings (SSSR count). The molecule has 1 aromatic heterocycles. The number of unbranched alkanes of at least 4 members (excludes halogenated alkanes) is 1. The molecule has 1 N–H and O–H groups in total. The van der Waals surface area contributed by atoms with Gasteiger partial charge in [0.15, 0.2) is 0 Å². The van der Waals surface area contributed by atoms with Gasteiger partial charge in [-0.1, -0.05) is 19.4 Å². The molecule has 2 aromatic rings. The van der Waals surface area contributed by atoms with Crippen molar-refractivity contribution in [3.05, 3.63) is 48.7 Å². The number of halogens is 1. The monoisotopic (exact) mass is 276 g/mol. The zero-order valence-electron chi connectivity index (χ0n) is 10.5. The third kappa shape index (κ3) is 4.41. The number of rotatable bonds is 6. The van der Waals surface area contributed by atoms with E-state index in [0.717, 1.165) is 24.3 Å². The lowest BCUT2D eigenvalue weighted by molar-refractivity contribution is 0.312. The molecule has 1 heterocycles. The molecule has 0 spiro atoms. The number of nitrogens with zero attached hydrogens (tertiary/aromatic N) is 2. The van der Waals surface area contributed by atoms with Crippen molar-refractivity contribution >= 4 is 23.1 Å². The fraction of sp³-hybridized carbons (Fsp3) is 0.214. The maximum Gasteiger partial charge on any atom is 0.224 e. The van der Waals surface area contributed by atoms with Crippen LogP contribution in [-0.4, -0.2) is 16.6 Å². The van der Waals surface area contributed by atoms with E-state index in [1.807, 2.05) is 24.3 Å². The van der Waals surface area contributed by atoms with Crippen LogP contribution in [0.3, 0.4) is 0 Å². The fourth-order valence-electron chi connectivity index (χ4n) is 1.51. The summed E-state index contributed by atoms with van der Waals surface area (Å²) in [5, 5.41) is 3.36. The van der Waals surface area contributed by atoms with Crippen LogP contribution in [0.1, 0.15) is 12.8 Å². The summed E-state index contributed by atoms with van der Waals surface area (Å²) in [6.07, 6.45) is 3.42. The SMILES string of the molecule is [CH2]CCCOc1cccc(Nc2ccnc(Cl)n2)c1. The van der Waals surface area contributed by atoms with Gasteiger partial charge in [-0.25, -0.2) is 9.97 Å². The third-order valence-corrected chi connectivity index (χ3v) is 2.58. The van der Waals surface area contributed by atoms with Gasteiger partial charge in [0.2, 0.25) is 5.28 Å². The summed E-state index contributed by atoms with van der Waals surface area (Å²) in [5.41, 5.74) is 0.891. The Morgan fingerprint density at radius 2 is 2.21 bits per heavy atom. The van der Waals surface area contributed by atoms with Crippen molar-refractivity contribution in [2.45, 2.75) is 12.8 Å². The first-order valence-electron chi connectivity index (χ1n) is 6.05. The molecular formula is C14H15ClN3O. The van der Waals surface area contributed by atoms with Gasteiger partial charge in [-0.3, -0.25) is 0 Å². The highest BCUT2D eigenvalue weighted by molar-refractivity contribution is 6.28. The molecule has 0 amide bonds. The Morgan fingerprint density at radius 1 is 1.32 bits per heavy atom. The Balaban J connectivity index is 2.02. The molecule has 0 aliphatic heterocycles. The number of aromatic nitrogens is 2. The summed E-state index contributed by atoms with van der Waals surface area (Å²) in [6, 6.07) is 9.44. The smallest absolute Gasteiger partial charge is 0.224 e. The van der Waals surface area contributed by atoms with Crippen molar-refractivity contribution in [1.82, 2.24) is 9.97 Å². The molecule has 0 bridgehead atoms. The van der Waals surface area contributed by atoms with E-state index in [0.29, 0.717) is 12.4 Å². The molecule has 99 valence electrons. The van der Waals surface area contributed by atoms with Gasteiger partial charge in [-0.15, -0.1) is 0 Å². The second-order valence-electron chi connectivity index (χ2n) is 3.92. The number of hydrogen-bond acceptors (Lipinski definition) is 4. The van der Waals surface area contributed by atoms with Gasteiger partial charge in [0.1, 0.15) is 11.6 Å². The van der Waals surface area contributed by atoms with Crippen molar-refractivity contribution in [2.75, 3.05) is 11.9 Å². The second kappa shape index (κ2) is 6.95. The maximum atomic E-state index is 5.73. The van der Waals surface area contributed by atoms with Crippen molar-refractivity contribution < 1.29 is 4.74 Å². The van der Waals surface area contributed by atoms with Crippen LogP contribution in [0, 0.1) is 6.92 Å². The van der Waals surface area contributed by atoms with Crippen LogP contribution >= 0.6 is 11.6 Å². The van der Waals surface area contributed by atoms with Gasteiger partial charge in [0.25, 0.3) is 0 Å². The van der Waals surface area contributed by atoms with Crippen LogP contribution in [0.2, 0.25) is 5.28 Å². The van der Waals surface area contributed by atoms with Gasteiger partial charge in [0, 0.05) is 18.0 Å². The minimum absolute atomic E-state index is 0.216. The molecule has 19 heavy (non-hydrogen) atoms. The van der Waals surface area contributed by atoms with Crippen LogP contribution < -0.4 is 10.1 Å². The van der Waals surface area contributed by atoms with Gasteiger partial charge >= 0.3 is 0 Å². The van der Waals surface area contributed by atoms with Gasteiger partial charge in [-0.2, -0.15) is 0 Å². The Bertz CT molecular complexity index is 534. The largest absolute Gasteiger partial charge is 0.494 e. The van der Waals surface area contributed by atoms with E-state index in [1.165, 1.54) is 0 Å². The zero-order valence-corrected chi connectivity index (χ0v) is 11.2. The average molecular weight is 277 g/mol. The topological polar surface area (TPSA) is 47.0 Å². The van der Waals surface area contributed by atoms with Crippen LogP contribution in [-0.2, 0) is 0 Å². The number of ether oxygens (including phenoxy) is 1. The highest BCUT2D eigenvalue weighted by Crippen LogP contribution is 2.21. The van der Waals surface area contributed by atoms with E-state index in [-0.39, 0.29) is 5.28 Å². The van der Waals surface area contributed by atoms with E-state index >= 15 is 0 Å².